The minimum Gasteiger partial charge on any atom is -0.462 e. The van der Waals surface area contributed by atoms with Crippen LogP contribution in [0.4, 0.5) is 22.0 Å². The molecule has 0 amide bonds. The van der Waals surface area contributed by atoms with Crippen LogP contribution >= 0.6 is 7.52 Å². The summed E-state index contributed by atoms with van der Waals surface area (Å²) in [4.78, 5) is 12.0. The van der Waals surface area contributed by atoms with E-state index in [4.69, 9.17) is 9.26 Å². The van der Waals surface area contributed by atoms with Gasteiger partial charge in [0.15, 0.2) is 23.3 Å². The van der Waals surface area contributed by atoms with E-state index in [1.807, 2.05) is 5.09 Å². The highest BCUT2D eigenvalue weighted by molar-refractivity contribution is 7.65. The molecule has 0 fully saturated rings. The lowest BCUT2D eigenvalue weighted by Crippen LogP contribution is -2.40. The van der Waals surface area contributed by atoms with Gasteiger partial charge in [0.2, 0.25) is 5.82 Å². The van der Waals surface area contributed by atoms with Crippen LogP contribution in [0.3, 0.4) is 0 Å². The molecule has 2 atom stereocenters. The Morgan fingerprint density at radius 2 is 1.38 bits per heavy atom. The van der Waals surface area contributed by atoms with Crippen LogP contribution in [0.1, 0.15) is 20.8 Å². The predicted molar refractivity (Wildman–Crippen MR) is 94.4 cm³/mol. The standard InChI is InChI=1S/C18H17F5NO4P/c1-9(2)27-18(25)10(3)24-29(26,28-11-7-5-4-6-8-11)17-15(22)13(20)12(19)14(21)16(17)23/h4-10H,1-3H3,(H,24,26)/t10-,29-/m0/s1. The van der Waals surface area contributed by atoms with Gasteiger partial charge in [0, 0.05) is 0 Å². The minimum atomic E-state index is -5.04. The number of carbonyl (C=O) groups excluding carboxylic acids is 1. The van der Waals surface area contributed by atoms with Gasteiger partial charge < -0.3 is 9.26 Å². The van der Waals surface area contributed by atoms with Gasteiger partial charge in [0.05, 0.1) is 6.10 Å². The highest BCUT2D eigenvalue weighted by Gasteiger charge is 2.42. The average Bonchev–Trinajstić information content (AvgIpc) is 2.65. The van der Waals surface area contributed by atoms with Gasteiger partial charge in [0.25, 0.3) is 0 Å². The van der Waals surface area contributed by atoms with Gasteiger partial charge in [-0.15, -0.1) is 0 Å². The third kappa shape index (κ3) is 4.94. The second kappa shape index (κ2) is 8.92. The fraction of sp³-hybridized carbons (Fsp3) is 0.278. The molecular weight excluding hydrogens is 420 g/mol. The summed E-state index contributed by atoms with van der Waals surface area (Å²) >= 11 is 0. The van der Waals surface area contributed by atoms with E-state index >= 15 is 0 Å². The first-order valence-electron chi connectivity index (χ1n) is 8.33. The number of hydrogen-bond acceptors (Lipinski definition) is 4. The summed E-state index contributed by atoms with van der Waals surface area (Å²) < 4.78 is 92.8. The molecule has 29 heavy (non-hydrogen) atoms. The number of hydrogen-bond donors (Lipinski definition) is 1. The summed E-state index contributed by atoms with van der Waals surface area (Å²) in [5.74, 6) is -12.8. The molecule has 158 valence electrons. The largest absolute Gasteiger partial charge is 0.462 e. The van der Waals surface area contributed by atoms with Gasteiger partial charge >= 0.3 is 13.5 Å². The zero-order chi connectivity index (χ0) is 21.9. The van der Waals surface area contributed by atoms with Gasteiger partial charge in [-0.1, -0.05) is 18.2 Å². The highest BCUT2D eigenvalue weighted by atomic mass is 31.2. The van der Waals surface area contributed by atoms with Gasteiger partial charge in [0.1, 0.15) is 17.1 Å². The molecule has 2 aromatic carbocycles. The molecular formula is C18H17F5NO4P. The molecule has 11 heteroatoms. The van der Waals surface area contributed by atoms with Crippen LogP contribution in [-0.2, 0) is 14.1 Å². The lowest BCUT2D eigenvalue weighted by atomic mass is 10.3. The average molecular weight is 437 g/mol. The molecule has 0 saturated heterocycles. The smallest absolute Gasteiger partial charge is 0.353 e. The Morgan fingerprint density at radius 1 is 0.897 bits per heavy atom. The number of para-hydroxylation sites is 1. The molecule has 0 heterocycles. The first-order valence-corrected chi connectivity index (χ1v) is 9.95. The molecule has 0 saturated carbocycles. The number of benzene rings is 2. The second-order valence-corrected chi connectivity index (χ2v) is 8.20. The van der Waals surface area contributed by atoms with E-state index in [9.17, 15) is 31.3 Å². The van der Waals surface area contributed by atoms with Crippen molar-refractivity contribution in [3.8, 4) is 5.75 Å². The molecule has 0 spiro atoms. The van der Waals surface area contributed by atoms with Crippen molar-refractivity contribution in [3.05, 3.63) is 59.4 Å². The van der Waals surface area contributed by atoms with E-state index in [2.05, 4.69) is 0 Å². The van der Waals surface area contributed by atoms with Crippen LogP contribution in [-0.4, -0.2) is 18.1 Å². The van der Waals surface area contributed by atoms with Crippen molar-refractivity contribution < 1.29 is 40.6 Å². The Hall–Kier alpha value is -2.45. The Morgan fingerprint density at radius 3 is 1.86 bits per heavy atom. The van der Waals surface area contributed by atoms with Crippen molar-refractivity contribution in [2.75, 3.05) is 0 Å². The predicted octanol–water partition coefficient (Wildman–Crippen LogP) is 4.21. The summed E-state index contributed by atoms with van der Waals surface area (Å²) in [6.07, 6.45) is -0.574. The lowest BCUT2D eigenvalue weighted by Gasteiger charge is -2.25. The maximum atomic E-state index is 14.3. The second-order valence-electron chi connectivity index (χ2n) is 6.21. The molecule has 1 N–H and O–H groups in total. The van der Waals surface area contributed by atoms with E-state index < -0.39 is 60.0 Å². The summed E-state index contributed by atoms with van der Waals surface area (Å²) in [6, 6.07) is 5.42. The zero-order valence-corrected chi connectivity index (χ0v) is 16.4. The summed E-state index contributed by atoms with van der Waals surface area (Å²) in [5, 5.41) is 0.335. The molecule has 0 aliphatic heterocycles. The Labute approximate surface area is 163 Å². The Bertz CT molecular complexity index is 926. The molecule has 0 aromatic heterocycles. The van der Waals surface area contributed by atoms with Gasteiger partial charge in [-0.05, 0) is 32.9 Å². The van der Waals surface area contributed by atoms with Crippen LogP contribution in [0.25, 0.3) is 0 Å². The third-order valence-corrected chi connectivity index (χ3v) is 5.70. The zero-order valence-electron chi connectivity index (χ0n) is 15.5. The molecule has 5 nitrogen and oxygen atoms in total. The minimum absolute atomic E-state index is 0.197. The van der Waals surface area contributed by atoms with Crippen molar-refractivity contribution in [3.63, 3.8) is 0 Å². The van der Waals surface area contributed by atoms with Crippen molar-refractivity contribution in [2.45, 2.75) is 32.9 Å². The first-order chi connectivity index (χ1) is 13.5. The molecule has 0 aliphatic carbocycles. The number of esters is 1. The van der Waals surface area contributed by atoms with Crippen LogP contribution in [0.15, 0.2) is 30.3 Å². The topological polar surface area (TPSA) is 64.6 Å². The number of nitrogens with one attached hydrogen (secondary N) is 1. The van der Waals surface area contributed by atoms with Crippen molar-refractivity contribution in [1.29, 1.82) is 0 Å². The van der Waals surface area contributed by atoms with Crippen LogP contribution in [0.5, 0.6) is 5.75 Å². The van der Waals surface area contributed by atoms with E-state index in [-0.39, 0.29) is 5.75 Å². The maximum absolute atomic E-state index is 14.3. The molecule has 0 bridgehead atoms. The monoisotopic (exact) mass is 437 g/mol. The summed E-state index contributed by atoms with van der Waals surface area (Å²) in [6.45, 7) is 4.18. The Balaban J connectivity index is 2.60. The van der Waals surface area contributed by atoms with Gasteiger partial charge in [-0.2, -0.15) is 0 Å². The molecule has 0 radical (unpaired) electrons. The van der Waals surface area contributed by atoms with Gasteiger partial charge in [-0.3, -0.25) is 9.36 Å². The quantitative estimate of drug-likeness (QED) is 0.231. The number of carbonyl (C=O) groups is 1. The molecule has 2 rings (SSSR count). The molecule has 2 aromatic rings. The van der Waals surface area contributed by atoms with Crippen molar-refractivity contribution in [1.82, 2.24) is 5.09 Å². The highest BCUT2D eigenvalue weighted by Crippen LogP contribution is 2.45. The van der Waals surface area contributed by atoms with E-state index in [0.717, 1.165) is 6.92 Å². The molecule has 0 unspecified atom stereocenters. The van der Waals surface area contributed by atoms with Crippen LogP contribution in [0, 0.1) is 29.1 Å². The molecule has 0 aliphatic rings. The summed E-state index contributed by atoms with van der Waals surface area (Å²) in [5.41, 5.74) is 0. The summed E-state index contributed by atoms with van der Waals surface area (Å²) in [7, 11) is -5.04. The van der Waals surface area contributed by atoms with E-state index in [1.54, 1.807) is 6.07 Å². The first kappa shape index (κ1) is 22.8. The fourth-order valence-corrected chi connectivity index (χ4v) is 4.28. The maximum Gasteiger partial charge on any atom is 0.353 e. The van der Waals surface area contributed by atoms with E-state index in [1.165, 1.54) is 38.1 Å². The van der Waals surface area contributed by atoms with Gasteiger partial charge in [-0.25, -0.2) is 27.0 Å². The normalized spacial score (nSPS) is 14.4. The Kier molecular flexibility index (Phi) is 7.02. The number of halogens is 5. The van der Waals surface area contributed by atoms with E-state index in [0.29, 0.717) is 0 Å². The van der Waals surface area contributed by atoms with Crippen molar-refractivity contribution >= 4 is 18.8 Å². The van der Waals surface area contributed by atoms with Crippen LogP contribution in [0.2, 0.25) is 0 Å². The number of rotatable bonds is 7. The lowest BCUT2D eigenvalue weighted by molar-refractivity contribution is -0.149. The van der Waals surface area contributed by atoms with Crippen molar-refractivity contribution in [2.24, 2.45) is 0 Å². The number of ether oxygens (including phenoxy) is 1. The third-order valence-electron chi connectivity index (χ3n) is 3.53. The SMILES string of the molecule is CC(C)OC(=O)[C@H](C)N[P@@](=O)(Oc1ccccc1)c1c(F)c(F)c(F)c(F)c1F. The fourth-order valence-electron chi connectivity index (χ4n) is 2.26. The van der Waals surface area contributed by atoms with Crippen LogP contribution < -0.4 is 14.9 Å².